The van der Waals surface area contributed by atoms with E-state index in [-0.39, 0.29) is 0 Å². The van der Waals surface area contributed by atoms with Crippen molar-refractivity contribution in [3.05, 3.63) is 10.7 Å². The van der Waals surface area contributed by atoms with Crippen LogP contribution in [0.3, 0.4) is 0 Å². The first kappa shape index (κ1) is 15.2. The van der Waals surface area contributed by atoms with Gasteiger partial charge in [0.2, 0.25) is 5.95 Å². The number of rotatable bonds is 9. The summed E-state index contributed by atoms with van der Waals surface area (Å²) in [5.41, 5.74) is 0. The lowest BCUT2D eigenvalue weighted by Gasteiger charge is -2.09. The van der Waals surface area contributed by atoms with Crippen molar-refractivity contribution in [3.8, 4) is 0 Å². The fraction of sp³-hybridized carbons (Fsp3) is 0.667. The van der Waals surface area contributed by atoms with E-state index in [1.165, 1.54) is 0 Å². The third-order valence-corrected chi connectivity index (χ3v) is 2.93. The Labute approximate surface area is 117 Å². The van der Waals surface area contributed by atoms with Gasteiger partial charge in [0.25, 0.3) is 0 Å². The first-order valence-corrected chi connectivity index (χ1v) is 7.06. The summed E-state index contributed by atoms with van der Waals surface area (Å²) in [7, 11) is 1.72. The maximum absolute atomic E-state index is 5.01. The van der Waals surface area contributed by atoms with Gasteiger partial charge in [-0.3, -0.25) is 0 Å². The molecule has 1 heterocycles. The fourth-order valence-electron chi connectivity index (χ4n) is 1.39. The number of anilines is 2. The Morgan fingerprint density at radius 2 is 2.11 bits per heavy atom. The predicted octanol–water partition coefficient (Wildman–Crippen LogP) is 2.90. The Morgan fingerprint density at radius 1 is 1.28 bits per heavy atom. The van der Waals surface area contributed by atoms with Crippen LogP contribution < -0.4 is 10.6 Å². The topological polar surface area (TPSA) is 59.1 Å². The lowest BCUT2D eigenvalue weighted by atomic mass is 10.3. The van der Waals surface area contributed by atoms with Crippen LogP contribution in [0.4, 0.5) is 11.8 Å². The normalized spacial score (nSPS) is 10.4. The summed E-state index contributed by atoms with van der Waals surface area (Å²) in [5, 5.41) is 6.46. The maximum Gasteiger partial charge on any atom is 0.224 e. The molecule has 2 N–H and O–H groups in total. The second-order valence-corrected chi connectivity index (χ2v) is 4.80. The highest BCUT2D eigenvalue weighted by Gasteiger charge is 2.03. The minimum atomic E-state index is 0.666. The lowest BCUT2D eigenvalue weighted by Crippen LogP contribution is -2.09. The number of aromatic nitrogens is 2. The molecule has 0 saturated heterocycles. The molecule has 1 aromatic rings. The molecular formula is C12H21BrN4O. The van der Waals surface area contributed by atoms with Crippen molar-refractivity contribution >= 4 is 27.7 Å². The molecule has 0 fully saturated rings. The van der Waals surface area contributed by atoms with Crippen molar-refractivity contribution in [2.24, 2.45) is 0 Å². The van der Waals surface area contributed by atoms with Crippen molar-refractivity contribution in [1.29, 1.82) is 0 Å². The molecule has 0 aliphatic heterocycles. The second kappa shape index (κ2) is 9.10. The predicted molar refractivity (Wildman–Crippen MR) is 78.1 cm³/mol. The molecule has 102 valence electrons. The van der Waals surface area contributed by atoms with E-state index in [1.54, 1.807) is 13.3 Å². The average Bonchev–Trinajstić information content (AvgIpc) is 2.39. The molecule has 0 spiro atoms. The van der Waals surface area contributed by atoms with Crippen LogP contribution >= 0.6 is 15.9 Å². The van der Waals surface area contributed by atoms with E-state index in [1.807, 2.05) is 0 Å². The minimum Gasteiger partial charge on any atom is -0.385 e. The van der Waals surface area contributed by atoms with Gasteiger partial charge in [0, 0.05) is 33.0 Å². The van der Waals surface area contributed by atoms with Gasteiger partial charge in [-0.05, 0) is 35.2 Å². The van der Waals surface area contributed by atoms with E-state index in [0.717, 1.165) is 49.2 Å². The molecule has 5 nitrogen and oxygen atoms in total. The van der Waals surface area contributed by atoms with Gasteiger partial charge in [-0.2, -0.15) is 4.98 Å². The van der Waals surface area contributed by atoms with E-state index in [4.69, 9.17) is 4.74 Å². The molecule has 0 unspecified atom stereocenters. The van der Waals surface area contributed by atoms with Crippen LogP contribution in [0.25, 0.3) is 0 Å². The van der Waals surface area contributed by atoms with Crippen LogP contribution in [-0.2, 0) is 4.74 Å². The van der Waals surface area contributed by atoms with Crippen LogP contribution in [0, 0.1) is 0 Å². The molecule has 1 rings (SSSR count). The molecule has 0 radical (unpaired) electrons. The molecular weight excluding hydrogens is 296 g/mol. The van der Waals surface area contributed by atoms with Gasteiger partial charge in [-0.15, -0.1) is 0 Å². The van der Waals surface area contributed by atoms with Crippen molar-refractivity contribution in [1.82, 2.24) is 9.97 Å². The van der Waals surface area contributed by atoms with Crippen LogP contribution in [-0.4, -0.2) is 36.8 Å². The molecule has 1 aromatic heterocycles. The zero-order valence-electron chi connectivity index (χ0n) is 11.0. The molecule has 0 aliphatic rings. The Bertz CT molecular complexity index is 349. The standard InChI is InChI=1S/C12H21BrN4O/c1-3-6-15-12-16-9-10(13)11(17-12)14-7-4-5-8-18-2/h9H,3-8H2,1-2H3,(H2,14,15,16,17). The Kier molecular flexibility index (Phi) is 7.68. The molecule has 18 heavy (non-hydrogen) atoms. The number of hydrogen-bond acceptors (Lipinski definition) is 5. The molecule has 0 saturated carbocycles. The van der Waals surface area contributed by atoms with Gasteiger partial charge in [0.15, 0.2) is 0 Å². The Balaban J connectivity index is 2.42. The average molecular weight is 317 g/mol. The van der Waals surface area contributed by atoms with Crippen molar-refractivity contribution < 1.29 is 4.74 Å². The number of hydrogen-bond donors (Lipinski definition) is 2. The van der Waals surface area contributed by atoms with Crippen LogP contribution in [0.1, 0.15) is 26.2 Å². The highest BCUT2D eigenvalue weighted by atomic mass is 79.9. The Morgan fingerprint density at radius 3 is 2.83 bits per heavy atom. The monoisotopic (exact) mass is 316 g/mol. The van der Waals surface area contributed by atoms with Crippen LogP contribution in [0.2, 0.25) is 0 Å². The SMILES string of the molecule is CCCNc1ncc(Br)c(NCCCCOC)n1. The van der Waals surface area contributed by atoms with Gasteiger partial charge >= 0.3 is 0 Å². The zero-order chi connectivity index (χ0) is 13.2. The molecule has 0 bridgehead atoms. The molecule has 0 aromatic carbocycles. The van der Waals surface area contributed by atoms with Gasteiger partial charge in [0.05, 0.1) is 4.47 Å². The number of ether oxygens (including phenoxy) is 1. The van der Waals surface area contributed by atoms with Crippen molar-refractivity contribution in [2.45, 2.75) is 26.2 Å². The fourth-order valence-corrected chi connectivity index (χ4v) is 1.72. The van der Waals surface area contributed by atoms with Crippen LogP contribution in [0.15, 0.2) is 10.7 Å². The second-order valence-electron chi connectivity index (χ2n) is 3.94. The van der Waals surface area contributed by atoms with Crippen LogP contribution in [0.5, 0.6) is 0 Å². The summed E-state index contributed by atoms with van der Waals surface area (Å²) in [4.78, 5) is 8.62. The van der Waals surface area contributed by atoms with Crippen molar-refractivity contribution in [2.75, 3.05) is 37.4 Å². The summed E-state index contributed by atoms with van der Waals surface area (Å²) in [6, 6.07) is 0. The lowest BCUT2D eigenvalue weighted by molar-refractivity contribution is 0.194. The van der Waals surface area contributed by atoms with Gasteiger partial charge in [-0.1, -0.05) is 6.92 Å². The summed E-state index contributed by atoms with van der Waals surface area (Å²) in [6.45, 7) is 4.68. The van der Waals surface area contributed by atoms with Gasteiger partial charge < -0.3 is 15.4 Å². The number of halogens is 1. The summed E-state index contributed by atoms with van der Waals surface area (Å²) in [5.74, 6) is 1.50. The highest BCUT2D eigenvalue weighted by Crippen LogP contribution is 2.20. The summed E-state index contributed by atoms with van der Waals surface area (Å²) in [6.07, 6.45) is 4.93. The van der Waals surface area contributed by atoms with Crippen molar-refractivity contribution in [3.63, 3.8) is 0 Å². The summed E-state index contributed by atoms with van der Waals surface area (Å²) < 4.78 is 5.89. The van der Waals surface area contributed by atoms with E-state index >= 15 is 0 Å². The molecule has 6 heteroatoms. The smallest absolute Gasteiger partial charge is 0.224 e. The number of nitrogens with zero attached hydrogens (tertiary/aromatic N) is 2. The maximum atomic E-state index is 5.01. The number of methoxy groups -OCH3 is 1. The third-order valence-electron chi connectivity index (χ3n) is 2.34. The number of nitrogens with one attached hydrogen (secondary N) is 2. The third kappa shape index (κ3) is 5.64. The molecule has 0 atom stereocenters. The number of unbranched alkanes of at least 4 members (excludes halogenated alkanes) is 1. The Hall–Kier alpha value is -0.880. The van der Waals surface area contributed by atoms with E-state index in [9.17, 15) is 0 Å². The van der Waals surface area contributed by atoms with E-state index < -0.39 is 0 Å². The zero-order valence-corrected chi connectivity index (χ0v) is 12.6. The minimum absolute atomic E-state index is 0.666. The van der Waals surface area contributed by atoms with Gasteiger partial charge in [-0.25, -0.2) is 4.98 Å². The highest BCUT2D eigenvalue weighted by molar-refractivity contribution is 9.10. The molecule has 0 amide bonds. The summed E-state index contributed by atoms with van der Waals surface area (Å²) >= 11 is 3.44. The largest absolute Gasteiger partial charge is 0.385 e. The molecule has 0 aliphatic carbocycles. The van der Waals surface area contributed by atoms with E-state index in [0.29, 0.717) is 5.95 Å². The van der Waals surface area contributed by atoms with Gasteiger partial charge in [0.1, 0.15) is 5.82 Å². The van der Waals surface area contributed by atoms with E-state index in [2.05, 4.69) is 43.5 Å². The quantitative estimate of drug-likeness (QED) is 0.686. The first-order chi connectivity index (χ1) is 8.77. The first-order valence-electron chi connectivity index (χ1n) is 6.27.